The minimum atomic E-state index is 0.314. The average Bonchev–Trinajstić information content (AvgIpc) is 2.40. The molecule has 94 valence electrons. The SMILES string of the molecule is CC(C)OCCc1ccc(-c2ccccc2)cc1. The fourth-order valence-corrected chi connectivity index (χ4v) is 1.91. The van der Waals surface area contributed by atoms with Crippen LogP contribution in [0.3, 0.4) is 0 Å². The fraction of sp³-hybridized carbons (Fsp3) is 0.294. The Kier molecular flexibility index (Phi) is 4.54. The first-order valence-corrected chi connectivity index (χ1v) is 6.51. The van der Waals surface area contributed by atoms with Gasteiger partial charge in [0.2, 0.25) is 0 Å². The van der Waals surface area contributed by atoms with E-state index in [-0.39, 0.29) is 0 Å². The number of benzene rings is 2. The third-order valence-electron chi connectivity index (χ3n) is 2.90. The summed E-state index contributed by atoms with van der Waals surface area (Å²) in [5.74, 6) is 0. The molecule has 0 N–H and O–H groups in total. The third-order valence-corrected chi connectivity index (χ3v) is 2.90. The maximum absolute atomic E-state index is 5.56. The summed E-state index contributed by atoms with van der Waals surface area (Å²) in [4.78, 5) is 0. The van der Waals surface area contributed by atoms with E-state index in [2.05, 4.69) is 62.4 Å². The summed E-state index contributed by atoms with van der Waals surface area (Å²) in [6.07, 6.45) is 1.29. The summed E-state index contributed by atoms with van der Waals surface area (Å²) in [6, 6.07) is 19.2. The average molecular weight is 240 g/mol. The van der Waals surface area contributed by atoms with Crippen molar-refractivity contribution in [1.82, 2.24) is 0 Å². The quantitative estimate of drug-likeness (QED) is 0.756. The van der Waals surface area contributed by atoms with Gasteiger partial charge in [0, 0.05) is 0 Å². The van der Waals surface area contributed by atoms with Crippen LogP contribution in [0.5, 0.6) is 0 Å². The van der Waals surface area contributed by atoms with Crippen molar-refractivity contribution in [2.24, 2.45) is 0 Å². The first-order chi connectivity index (χ1) is 8.75. The second kappa shape index (κ2) is 6.36. The van der Waals surface area contributed by atoms with Gasteiger partial charge in [-0.1, -0.05) is 54.6 Å². The molecule has 0 saturated heterocycles. The molecule has 18 heavy (non-hydrogen) atoms. The Labute approximate surface area is 109 Å². The van der Waals surface area contributed by atoms with Gasteiger partial charge in [-0.15, -0.1) is 0 Å². The monoisotopic (exact) mass is 240 g/mol. The number of ether oxygens (including phenoxy) is 1. The molecule has 0 radical (unpaired) electrons. The van der Waals surface area contributed by atoms with Gasteiger partial charge in [-0.05, 0) is 37.0 Å². The molecular formula is C17H20O. The predicted octanol–water partition coefficient (Wildman–Crippen LogP) is 4.32. The number of hydrogen-bond donors (Lipinski definition) is 0. The minimum Gasteiger partial charge on any atom is -0.378 e. The molecule has 0 aliphatic heterocycles. The highest BCUT2D eigenvalue weighted by Gasteiger charge is 1.98. The van der Waals surface area contributed by atoms with Crippen LogP contribution in [0.25, 0.3) is 11.1 Å². The van der Waals surface area contributed by atoms with Gasteiger partial charge in [-0.2, -0.15) is 0 Å². The standard InChI is InChI=1S/C17H20O/c1-14(2)18-13-12-15-8-10-17(11-9-15)16-6-4-3-5-7-16/h3-11,14H,12-13H2,1-2H3. The fourth-order valence-electron chi connectivity index (χ4n) is 1.91. The van der Waals surface area contributed by atoms with Crippen LogP contribution in [0, 0.1) is 0 Å². The van der Waals surface area contributed by atoms with Gasteiger partial charge in [-0.25, -0.2) is 0 Å². The lowest BCUT2D eigenvalue weighted by molar-refractivity contribution is 0.0813. The van der Waals surface area contributed by atoms with Crippen LogP contribution in [0.2, 0.25) is 0 Å². The van der Waals surface area contributed by atoms with Crippen molar-refractivity contribution in [2.45, 2.75) is 26.4 Å². The second-order valence-electron chi connectivity index (χ2n) is 4.73. The first-order valence-electron chi connectivity index (χ1n) is 6.51. The zero-order valence-electron chi connectivity index (χ0n) is 11.1. The van der Waals surface area contributed by atoms with Crippen LogP contribution < -0.4 is 0 Å². The third kappa shape index (κ3) is 3.71. The molecule has 0 aliphatic rings. The Hall–Kier alpha value is -1.60. The van der Waals surface area contributed by atoms with Crippen molar-refractivity contribution < 1.29 is 4.74 Å². The molecule has 0 fully saturated rings. The molecule has 0 bridgehead atoms. The molecule has 0 aliphatic carbocycles. The molecule has 0 amide bonds. The molecule has 0 spiro atoms. The Morgan fingerprint density at radius 2 is 1.44 bits per heavy atom. The van der Waals surface area contributed by atoms with E-state index < -0.39 is 0 Å². The molecule has 1 heteroatoms. The zero-order chi connectivity index (χ0) is 12.8. The molecule has 0 unspecified atom stereocenters. The largest absolute Gasteiger partial charge is 0.378 e. The smallest absolute Gasteiger partial charge is 0.0519 e. The Morgan fingerprint density at radius 1 is 0.833 bits per heavy atom. The number of hydrogen-bond acceptors (Lipinski definition) is 1. The van der Waals surface area contributed by atoms with Gasteiger partial charge < -0.3 is 4.74 Å². The van der Waals surface area contributed by atoms with Crippen molar-refractivity contribution >= 4 is 0 Å². The van der Waals surface area contributed by atoms with Gasteiger partial charge in [0.15, 0.2) is 0 Å². The highest BCUT2D eigenvalue weighted by atomic mass is 16.5. The van der Waals surface area contributed by atoms with Gasteiger partial charge >= 0.3 is 0 Å². The highest BCUT2D eigenvalue weighted by molar-refractivity contribution is 5.63. The Balaban J connectivity index is 1.98. The molecule has 0 saturated carbocycles. The van der Waals surface area contributed by atoms with E-state index in [0.29, 0.717) is 6.10 Å². The predicted molar refractivity (Wildman–Crippen MR) is 76.7 cm³/mol. The van der Waals surface area contributed by atoms with E-state index in [1.165, 1.54) is 16.7 Å². The van der Waals surface area contributed by atoms with Gasteiger partial charge in [0.05, 0.1) is 12.7 Å². The van der Waals surface area contributed by atoms with Crippen LogP contribution in [-0.2, 0) is 11.2 Å². The van der Waals surface area contributed by atoms with Crippen LogP contribution in [0.1, 0.15) is 19.4 Å². The molecule has 0 atom stereocenters. The van der Waals surface area contributed by atoms with E-state index in [0.717, 1.165) is 13.0 Å². The summed E-state index contributed by atoms with van der Waals surface area (Å²) in [6.45, 7) is 4.93. The molecule has 2 aromatic rings. The normalized spacial score (nSPS) is 10.8. The summed E-state index contributed by atoms with van der Waals surface area (Å²) in [5, 5.41) is 0. The van der Waals surface area contributed by atoms with Crippen molar-refractivity contribution in [3.8, 4) is 11.1 Å². The molecule has 0 heterocycles. The topological polar surface area (TPSA) is 9.23 Å². The summed E-state index contributed by atoms with van der Waals surface area (Å²) in [5.41, 5.74) is 3.86. The summed E-state index contributed by atoms with van der Waals surface area (Å²) in [7, 11) is 0. The molecular weight excluding hydrogens is 220 g/mol. The van der Waals surface area contributed by atoms with Gasteiger partial charge in [0.25, 0.3) is 0 Å². The summed E-state index contributed by atoms with van der Waals surface area (Å²) >= 11 is 0. The molecule has 1 nitrogen and oxygen atoms in total. The lowest BCUT2D eigenvalue weighted by Gasteiger charge is -2.08. The summed E-state index contributed by atoms with van der Waals surface area (Å²) < 4.78 is 5.56. The van der Waals surface area contributed by atoms with Crippen molar-refractivity contribution in [3.05, 3.63) is 60.2 Å². The Morgan fingerprint density at radius 3 is 2.06 bits per heavy atom. The van der Waals surface area contributed by atoms with Crippen LogP contribution >= 0.6 is 0 Å². The van der Waals surface area contributed by atoms with E-state index in [9.17, 15) is 0 Å². The molecule has 0 aromatic heterocycles. The van der Waals surface area contributed by atoms with Crippen LogP contribution in [0.4, 0.5) is 0 Å². The van der Waals surface area contributed by atoms with Gasteiger partial charge in [0.1, 0.15) is 0 Å². The van der Waals surface area contributed by atoms with Crippen molar-refractivity contribution in [2.75, 3.05) is 6.61 Å². The highest BCUT2D eigenvalue weighted by Crippen LogP contribution is 2.19. The van der Waals surface area contributed by atoms with Crippen LogP contribution in [-0.4, -0.2) is 12.7 Å². The van der Waals surface area contributed by atoms with Crippen molar-refractivity contribution in [3.63, 3.8) is 0 Å². The lowest BCUT2D eigenvalue weighted by Crippen LogP contribution is -2.05. The maximum atomic E-state index is 5.56. The number of rotatable bonds is 5. The van der Waals surface area contributed by atoms with E-state index >= 15 is 0 Å². The maximum Gasteiger partial charge on any atom is 0.0519 e. The van der Waals surface area contributed by atoms with Gasteiger partial charge in [-0.3, -0.25) is 0 Å². The minimum absolute atomic E-state index is 0.314. The second-order valence-corrected chi connectivity index (χ2v) is 4.73. The van der Waals surface area contributed by atoms with Crippen molar-refractivity contribution in [1.29, 1.82) is 0 Å². The lowest BCUT2D eigenvalue weighted by atomic mass is 10.0. The van der Waals surface area contributed by atoms with E-state index in [1.54, 1.807) is 0 Å². The molecule has 2 rings (SSSR count). The zero-order valence-corrected chi connectivity index (χ0v) is 11.1. The molecule has 2 aromatic carbocycles. The van der Waals surface area contributed by atoms with Crippen LogP contribution in [0.15, 0.2) is 54.6 Å². The van der Waals surface area contributed by atoms with E-state index in [4.69, 9.17) is 4.74 Å². The first kappa shape index (κ1) is 12.8. The Bertz CT molecular complexity index is 457. The van der Waals surface area contributed by atoms with E-state index in [1.807, 2.05) is 6.07 Å².